The minimum atomic E-state index is -0.177. The molecule has 0 bridgehead atoms. The number of benzene rings is 1. The van der Waals surface area contributed by atoms with Gasteiger partial charge in [-0.1, -0.05) is 29.8 Å². The fourth-order valence-corrected chi connectivity index (χ4v) is 2.93. The maximum Gasteiger partial charge on any atom is 0.252 e. The van der Waals surface area contributed by atoms with Crippen LogP contribution < -0.4 is 5.32 Å². The smallest absolute Gasteiger partial charge is 0.252 e. The minimum Gasteiger partial charge on any atom is -0.350 e. The molecule has 0 saturated heterocycles. The van der Waals surface area contributed by atoms with Gasteiger partial charge in [-0.2, -0.15) is 5.10 Å². The summed E-state index contributed by atoms with van der Waals surface area (Å²) in [5.74, 6) is 0.484. The molecule has 1 aromatic carbocycles. The van der Waals surface area contributed by atoms with Gasteiger partial charge in [-0.05, 0) is 43.9 Å². The van der Waals surface area contributed by atoms with E-state index in [0.717, 1.165) is 5.56 Å². The van der Waals surface area contributed by atoms with Crippen LogP contribution in [-0.2, 0) is 0 Å². The van der Waals surface area contributed by atoms with Crippen molar-refractivity contribution in [2.24, 2.45) is 0 Å². The van der Waals surface area contributed by atoms with Crippen LogP contribution in [0.4, 0.5) is 0 Å². The van der Waals surface area contributed by atoms with Crippen molar-refractivity contribution in [2.75, 3.05) is 20.6 Å². The van der Waals surface area contributed by atoms with Gasteiger partial charge in [0.2, 0.25) is 0 Å². The van der Waals surface area contributed by atoms with E-state index in [1.54, 1.807) is 35.4 Å². The number of rotatable bonds is 6. The van der Waals surface area contributed by atoms with Gasteiger partial charge in [-0.3, -0.25) is 4.79 Å². The van der Waals surface area contributed by atoms with Crippen molar-refractivity contribution in [3.63, 3.8) is 0 Å². The van der Waals surface area contributed by atoms with Gasteiger partial charge < -0.3 is 10.2 Å². The molecule has 0 aliphatic heterocycles. The third-order valence-corrected chi connectivity index (χ3v) is 4.44. The fourth-order valence-electron chi connectivity index (χ4n) is 2.67. The average molecular weight is 370 g/mol. The van der Waals surface area contributed by atoms with Crippen LogP contribution in [0.3, 0.4) is 0 Å². The van der Waals surface area contributed by atoms with E-state index in [4.69, 9.17) is 11.6 Å². The van der Waals surface area contributed by atoms with E-state index < -0.39 is 0 Å². The summed E-state index contributed by atoms with van der Waals surface area (Å²) < 4.78 is 1.64. The van der Waals surface area contributed by atoms with E-state index in [0.29, 0.717) is 22.9 Å². The minimum absolute atomic E-state index is 0.0241. The highest BCUT2D eigenvalue weighted by Gasteiger charge is 2.18. The van der Waals surface area contributed by atoms with E-state index in [9.17, 15) is 4.79 Å². The fraction of sp³-hybridized carbons (Fsp3) is 0.211. The zero-order chi connectivity index (χ0) is 18.5. The number of amides is 1. The maximum absolute atomic E-state index is 12.5. The summed E-state index contributed by atoms with van der Waals surface area (Å²) in [5.41, 5.74) is 1.48. The summed E-state index contributed by atoms with van der Waals surface area (Å²) in [6, 6.07) is 13.0. The number of carbonyl (C=O) groups is 1. The molecule has 7 heteroatoms. The Morgan fingerprint density at radius 1 is 1.23 bits per heavy atom. The number of halogens is 1. The molecule has 0 aliphatic rings. The van der Waals surface area contributed by atoms with E-state index in [1.807, 2.05) is 49.3 Å². The van der Waals surface area contributed by atoms with E-state index in [2.05, 4.69) is 15.4 Å². The van der Waals surface area contributed by atoms with Gasteiger partial charge in [0.1, 0.15) is 0 Å². The highest BCUT2D eigenvalue weighted by Crippen LogP contribution is 2.25. The Bertz CT molecular complexity index is 862. The first-order valence-corrected chi connectivity index (χ1v) is 8.59. The summed E-state index contributed by atoms with van der Waals surface area (Å²) in [6.07, 6.45) is 5.03. The topological polar surface area (TPSA) is 63.1 Å². The van der Waals surface area contributed by atoms with Crippen LogP contribution >= 0.6 is 11.6 Å². The van der Waals surface area contributed by atoms with Gasteiger partial charge in [0, 0.05) is 30.2 Å². The molecule has 2 aromatic heterocycles. The van der Waals surface area contributed by atoms with Crippen LogP contribution in [-0.4, -0.2) is 46.2 Å². The first-order valence-electron chi connectivity index (χ1n) is 8.21. The quantitative estimate of drug-likeness (QED) is 0.725. The summed E-state index contributed by atoms with van der Waals surface area (Å²) in [6.45, 7) is 0.441. The van der Waals surface area contributed by atoms with Crippen molar-refractivity contribution >= 4 is 17.5 Å². The predicted molar refractivity (Wildman–Crippen MR) is 102 cm³/mol. The molecule has 3 aromatic rings. The molecule has 3 rings (SSSR count). The number of carbonyl (C=O) groups excluding carboxylic acids is 1. The Balaban J connectivity index is 1.68. The molecular weight excluding hydrogens is 350 g/mol. The van der Waals surface area contributed by atoms with Gasteiger partial charge in [0.25, 0.3) is 5.91 Å². The highest BCUT2D eigenvalue weighted by atomic mass is 35.5. The Labute approximate surface area is 157 Å². The number of nitrogens with one attached hydrogen (secondary N) is 1. The molecule has 134 valence electrons. The zero-order valence-corrected chi connectivity index (χ0v) is 15.4. The van der Waals surface area contributed by atoms with Crippen molar-refractivity contribution in [3.8, 4) is 5.82 Å². The standard InChI is InChI=1S/C19H20ClN5O/c1-24(2)17(15-6-3-4-7-16(15)20)13-22-19(26)14-8-9-18(21-12-14)25-11-5-10-23-25/h3-12,17H,13H2,1-2H3,(H,22,26). The second-order valence-electron chi connectivity index (χ2n) is 6.07. The SMILES string of the molecule is CN(C)C(CNC(=O)c1ccc(-n2cccn2)nc1)c1ccccc1Cl. The maximum atomic E-state index is 12.5. The Kier molecular flexibility index (Phi) is 5.65. The molecule has 1 unspecified atom stereocenters. The molecule has 2 heterocycles. The molecular formula is C19H20ClN5O. The first kappa shape index (κ1) is 18.1. The van der Waals surface area contributed by atoms with Crippen LogP contribution in [0, 0.1) is 0 Å². The first-order chi connectivity index (χ1) is 12.6. The molecule has 6 nitrogen and oxygen atoms in total. The van der Waals surface area contributed by atoms with E-state index in [1.165, 1.54) is 0 Å². The Morgan fingerprint density at radius 2 is 2.04 bits per heavy atom. The number of aromatic nitrogens is 3. The van der Waals surface area contributed by atoms with Crippen LogP contribution in [0.25, 0.3) is 5.82 Å². The van der Waals surface area contributed by atoms with Gasteiger partial charge in [0.15, 0.2) is 5.82 Å². The van der Waals surface area contributed by atoms with Gasteiger partial charge >= 0.3 is 0 Å². The molecule has 1 N–H and O–H groups in total. The molecule has 0 spiro atoms. The molecule has 0 fully saturated rings. The lowest BCUT2D eigenvalue weighted by Gasteiger charge is -2.26. The Morgan fingerprint density at radius 3 is 2.65 bits per heavy atom. The monoisotopic (exact) mass is 369 g/mol. The third kappa shape index (κ3) is 4.09. The largest absolute Gasteiger partial charge is 0.350 e. The highest BCUT2D eigenvalue weighted by molar-refractivity contribution is 6.31. The lowest BCUT2D eigenvalue weighted by Crippen LogP contribution is -2.34. The molecule has 26 heavy (non-hydrogen) atoms. The van der Waals surface area contributed by atoms with Gasteiger partial charge in [-0.25, -0.2) is 9.67 Å². The number of hydrogen-bond donors (Lipinski definition) is 1. The van der Waals surface area contributed by atoms with Crippen molar-refractivity contribution in [2.45, 2.75) is 6.04 Å². The van der Waals surface area contributed by atoms with Crippen molar-refractivity contribution < 1.29 is 4.79 Å². The Hall–Kier alpha value is -2.70. The molecule has 0 aliphatic carbocycles. The van der Waals surface area contributed by atoms with Crippen molar-refractivity contribution in [3.05, 3.63) is 77.2 Å². The van der Waals surface area contributed by atoms with E-state index in [-0.39, 0.29) is 11.9 Å². The normalized spacial score (nSPS) is 12.2. The van der Waals surface area contributed by atoms with Gasteiger partial charge in [0.05, 0.1) is 11.6 Å². The van der Waals surface area contributed by atoms with Crippen LogP contribution in [0.2, 0.25) is 5.02 Å². The molecule has 0 saturated carbocycles. The number of hydrogen-bond acceptors (Lipinski definition) is 4. The summed E-state index contributed by atoms with van der Waals surface area (Å²) in [5, 5.41) is 7.76. The lowest BCUT2D eigenvalue weighted by molar-refractivity contribution is 0.0941. The lowest BCUT2D eigenvalue weighted by atomic mass is 10.1. The van der Waals surface area contributed by atoms with Crippen LogP contribution in [0.15, 0.2) is 61.1 Å². The van der Waals surface area contributed by atoms with Crippen molar-refractivity contribution in [1.82, 2.24) is 25.0 Å². The summed E-state index contributed by atoms with van der Waals surface area (Å²) >= 11 is 6.30. The third-order valence-electron chi connectivity index (χ3n) is 4.09. The molecule has 0 radical (unpaired) electrons. The predicted octanol–water partition coefficient (Wildman–Crippen LogP) is 2.95. The van der Waals surface area contributed by atoms with Crippen molar-refractivity contribution in [1.29, 1.82) is 0 Å². The second kappa shape index (κ2) is 8.12. The molecule has 1 atom stereocenters. The summed E-state index contributed by atoms with van der Waals surface area (Å²) in [4.78, 5) is 18.8. The number of likely N-dealkylation sites (N-methyl/N-ethyl adjacent to an activating group) is 1. The summed E-state index contributed by atoms with van der Waals surface area (Å²) in [7, 11) is 3.92. The zero-order valence-electron chi connectivity index (χ0n) is 14.6. The molecule has 1 amide bonds. The van der Waals surface area contributed by atoms with Crippen LogP contribution in [0.5, 0.6) is 0 Å². The van der Waals surface area contributed by atoms with Gasteiger partial charge in [-0.15, -0.1) is 0 Å². The van der Waals surface area contributed by atoms with E-state index >= 15 is 0 Å². The number of pyridine rings is 1. The van der Waals surface area contributed by atoms with Crippen LogP contribution in [0.1, 0.15) is 22.0 Å². The number of nitrogens with zero attached hydrogens (tertiary/aromatic N) is 4. The second-order valence-corrected chi connectivity index (χ2v) is 6.47. The average Bonchev–Trinajstić information content (AvgIpc) is 3.18.